The number of rotatable bonds is 7. The lowest BCUT2D eigenvalue weighted by atomic mass is 10.1. The van der Waals surface area contributed by atoms with Gasteiger partial charge in [-0.15, -0.1) is 0 Å². The van der Waals surface area contributed by atoms with Crippen LogP contribution in [0, 0.1) is 6.92 Å². The van der Waals surface area contributed by atoms with Crippen LogP contribution in [-0.4, -0.2) is 33.7 Å². The lowest BCUT2D eigenvalue weighted by molar-refractivity contribution is -0.122. The van der Waals surface area contributed by atoms with Crippen molar-refractivity contribution in [3.05, 3.63) is 58.6 Å². The van der Waals surface area contributed by atoms with Crippen LogP contribution in [-0.2, 0) is 14.8 Å². The molecule has 1 amide bonds. The number of sulfonamides is 1. The molecule has 0 bridgehead atoms. The van der Waals surface area contributed by atoms with Gasteiger partial charge < -0.3 is 10.1 Å². The van der Waals surface area contributed by atoms with Gasteiger partial charge in [0.1, 0.15) is 11.8 Å². The zero-order chi connectivity index (χ0) is 21.1. The number of benzene rings is 2. The summed E-state index contributed by atoms with van der Waals surface area (Å²) in [5.74, 6) is -0.124. The Bertz CT molecular complexity index is 945. The minimum atomic E-state index is -3.78. The number of carbonyl (C=O) groups excluding carboxylic acids is 1. The van der Waals surface area contributed by atoms with Crippen LogP contribution >= 0.6 is 11.6 Å². The topological polar surface area (TPSA) is 75.7 Å². The standard InChI is InChI=1S/C20H25ClN2O4S/c1-13-6-8-16(9-7-13)14(2)22-20(24)15(3)23(28(5,25)26)18-12-17(21)10-11-19(18)27-4/h6-12,14-15H,1-5H3,(H,22,24)/t14-,15-/m1/s1. The highest BCUT2D eigenvalue weighted by atomic mass is 35.5. The van der Waals surface area contributed by atoms with Gasteiger partial charge in [-0.25, -0.2) is 8.42 Å². The molecule has 0 saturated heterocycles. The van der Waals surface area contributed by atoms with Crippen LogP contribution in [0.5, 0.6) is 5.75 Å². The third-order valence-corrected chi connectivity index (χ3v) is 5.87. The molecule has 1 N–H and O–H groups in total. The maximum absolute atomic E-state index is 12.8. The molecule has 2 rings (SSSR count). The number of nitrogens with zero attached hydrogens (tertiary/aromatic N) is 1. The molecular weight excluding hydrogens is 400 g/mol. The van der Waals surface area contributed by atoms with Crippen molar-refractivity contribution in [3.8, 4) is 5.75 Å². The molecule has 28 heavy (non-hydrogen) atoms. The molecule has 0 aromatic heterocycles. The van der Waals surface area contributed by atoms with E-state index in [1.807, 2.05) is 38.1 Å². The molecule has 0 radical (unpaired) electrons. The predicted molar refractivity (Wildman–Crippen MR) is 113 cm³/mol. The van der Waals surface area contributed by atoms with Crippen molar-refractivity contribution in [1.29, 1.82) is 0 Å². The smallest absolute Gasteiger partial charge is 0.244 e. The number of methoxy groups -OCH3 is 1. The van der Waals surface area contributed by atoms with Crippen LogP contribution in [0.3, 0.4) is 0 Å². The molecule has 2 aromatic carbocycles. The van der Waals surface area contributed by atoms with Crippen molar-refractivity contribution in [3.63, 3.8) is 0 Å². The van der Waals surface area contributed by atoms with E-state index in [9.17, 15) is 13.2 Å². The van der Waals surface area contributed by atoms with E-state index in [1.54, 1.807) is 12.1 Å². The van der Waals surface area contributed by atoms with Crippen molar-refractivity contribution in [2.75, 3.05) is 17.7 Å². The van der Waals surface area contributed by atoms with Crippen LogP contribution in [0.4, 0.5) is 5.69 Å². The Morgan fingerprint density at radius 1 is 1.14 bits per heavy atom. The Morgan fingerprint density at radius 2 is 1.75 bits per heavy atom. The first-order valence-electron chi connectivity index (χ1n) is 8.74. The van der Waals surface area contributed by atoms with E-state index in [-0.39, 0.29) is 11.7 Å². The number of halogens is 1. The summed E-state index contributed by atoms with van der Waals surface area (Å²) in [4.78, 5) is 12.8. The number of nitrogens with one attached hydrogen (secondary N) is 1. The molecule has 0 saturated carbocycles. The van der Waals surface area contributed by atoms with E-state index >= 15 is 0 Å². The highest BCUT2D eigenvalue weighted by molar-refractivity contribution is 7.92. The molecule has 2 atom stereocenters. The summed E-state index contributed by atoms with van der Waals surface area (Å²) >= 11 is 6.05. The summed E-state index contributed by atoms with van der Waals surface area (Å²) in [7, 11) is -2.36. The van der Waals surface area contributed by atoms with Gasteiger partial charge in [0.25, 0.3) is 0 Å². The first kappa shape index (κ1) is 22.0. The van der Waals surface area contributed by atoms with Gasteiger partial charge in [-0.3, -0.25) is 9.10 Å². The molecule has 0 fully saturated rings. The summed E-state index contributed by atoms with van der Waals surface area (Å²) in [5.41, 5.74) is 2.26. The fourth-order valence-corrected chi connectivity index (χ4v) is 4.23. The second-order valence-corrected chi connectivity index (χ2v) is 8.99. The largest absolute Gasteiger partial charge is 0.495 e. The Kier molecular flexibility index (Phi) is 6.96. The number of carbonyl (C=O) groups is 1. The molecular formula is C20H25ClN2O4S. The van der Waals surface area contributed by atoms with E-state index < -0.39 is 22.0 Å². The monoisotopic (exact) mass is 424 g/mol. The third-order valence-electron chi connectivity index (χ3n) is 4.40. The molecule has 152 valence electrons. The first-order valence-corrected chi connectivity index (χ1v) is 11.0. The predicted octanol–water partition coefficient (Wildman–Crippen LogP) is 3.69. The van der Waals surface area contributed by atoms with Crippen LogP contribution in [0.25, 0.3) is 0 Å². The Labute approximate surface area is 171 Å². The van der Waals surface area contributed by atoms with Gasteiger partial charge in [0.15, 0.2) is 0 Å². The number of ether oxygens (including phenoxy) is 1. The maximum atomic E-state index is 12.8. The van der Waals surface area contributed by atoms with E-state index in [0.717, 1.165) is 21.7 Å². The zero-order valence-electron chi connectivity index (χ0n) is 16.6. The summed E-state index contributed by atoms with van der Waals surface area (Å²) in [6.07, 6.45) is 1.04. The van der Waals surface area contributed by atoms with Gasteiger partial charge >= 0.3 is 0 Å². The number of aryl methyl sites for hydroxylation is 1. The van der Waals surface area contributed by atoms with Gasteiger partial charge in [-0.05, 0) is 44.5 Å². The summed E-state index contributed by atoms with van der Waals surface area (Å²) in [6.45, 7) is 5.36. The van der Waals surface area contributed by atoms with Crippen molar-refractivity contribution in [2.45, 2.75) is 32.9 Å². The minimum absolute atomic E-state index is 0.211. The second kappa shape index (κ2) is 8.84. The molecule has 0 aliphatic rings. The summed E-state index contributed by atoms with van der Waals surface area (Å²) in [5, 5.41) is 3.21. The van der Waals surface area contributed by atoms with Crippen LogP contribution in [0.2, 0.25) is 5.02 Å². The molecule has 0 aliphatic carbocycles. The maximum Gasteiger partial charge on any atom is 0.244 e. The first-order chi connectivity index (χ1) is 13.0. The van der Waals surface area contributed by atoms with Crippen LogP contribution < -0.4 is 14.4 Å². The second-order valence-electron chi connectivity index (χ2n) is 6.69. The Balaban J connectivity index is 2.33. The number of anilines is 1. The van der Waals surface area contributed by atoms with Crippen molar-refractivity contribution < 1.29 is 17.9 Å². The Hall–Kier alpha value is -2.25. The molecule has 0 aliphatic heterocycles. The molecule has 8 heteroatoms. The molecule has 6 nitrogen and oxygen atoms in total. The average Bonchev–Trinajstić information content (AvgIpc) is 2.61. The van der Waals surface area contributed by atoms with Gasteiger partial charge in [0.2, 0.25) is 15.9 Å². The van der Waals surface area contributed by atoms with Gasteiger partial charge in [-0.1, -0.05) is 41.4 Å². The van der Waals surface area contributed by atoms with Crippen LogP contribution in [0.15, 0.2) is 42.5 Å². The Morgan fingerprint density at radius 3 is 2.29 bits per heavy atom. The van der Waals surface area contributed by atoms with E-state index in [4.69, 9.17) is 16.3 Å². The summed E-state index contributed by atoms with van der Waals surface area (Å²) < 4.78 is 31.3. The van der Waals surface area contributed by atoms with Crippen molar-refractivity contribution >= 4 is 33.2 Å². The van der Waals surface area contributed by atoms with Crippen molar-refractivity contribution in [1.82, 2.24) is 5.32 Å². The highest BCUT2D eigenvalue weighted by Crippen LogP contribution is 2.34. The average molecular weight is 425 g/mol. The van der Waals surface area contributed by atoms with Crippen LogP contribution in [0.1, 0.15) is 31.0 Å². The van der Waals surface area contributed by atoms with Gasteiger partial charge in [0, 0.05) is 5.02 Å². The number of hydrogen-bond donors (Lipinski definition) is 1. The zero-order valence-corrected chi connectivity index (χ0v) is 18.1. The fraction of sp³-hybridized carbons (Fsp3) is 0.350. The normalized spacial score (nSPS) is 13.5. The number of amides is 1. The molecule has 0 heterocycles. The van der Waals surface area contributed by atoms with Gasteiger partial charge in [0.05, 0.1) is 25.1 Å². The third kappa shape index (κ3) is 5.17. The van der Waals surface area contributed by atoms with E-state index in [2.05, 4.69) is 5.32 Å². The minimum Gasteiger partial charge on any atom is -0.495 e. The van der Waals surface area contributed by atoms with E-state index in [1.165, 1.54) is 20.1 Å². The van der Waals surface area contributed by atoms with E-state index in [0.29, 0.717) is 10.8 Å². The highest BCUT2D eigenvalue weighted by Gasteiger charge is 2.32. The van der Waals surface area contributed by atoms with Gasteiger partial charge in [-0.2, -0.15) is 0 Å². The fourth-order valence-electron chi connectivity index (χ4n) is 2.89. The molecule has 2 aromatic rings. The lowest BCUT2D eigenvalue weighted by Gasteiger charge is -2.30. The SMILES string of the molecule is COc1ccc(Cl)cc1N([C@H](C)C(=O)N[C@H](C)c1ccc(C)cc1)S(C)(=O)=O. The quantitative estimate of drug-likeness (QED) is 0.735. The molecule has 0 spiro atoms. The summed E-state index contributed by atoms with van der Waals surface area (Å²) in [6, 6.07) is 11.1. The molecule has 0 unspecified atom stereocenters. The number of hydrogen-bond acceptors (Lipinski definition) is 4. The van der Waals surface area contributed by atoms with Crippen molar-refractivity contribution in [2.24, 2.45) is 0 Å². The lowest BCUT2D eigenvalue weighted by Crippen LogP contribution is -2.48.